The van der Waals surface area contributed by atoms with E-state index in [0.29, 0.717) is 10.9 Å². The Balaban J connectivity index is 3.01. The summed E-state index contributed by atoms with van der Waals surface area (Å²) < 4.78 is 13.8. The van der Waals surface area contributed by atoms with E-state index >= 15 is 0 Å². The van der Waals surface area contributed by atoms with E-state index in [-0.39, 0.29) is 5.56 Å². The number of rotatable bonds is 3. The van der Waals surface area contributed by atoms with Crippen LogP contribution in [0.2, 0.25) is 0 Å². The maximum absolute atomic E-state index is 13.5. The molecule has 1 aromatic carbocycles. The van der Waals surface area contributed by atoms with Crippen molar-refractivity contribution >= 4 is 15.9 Å². The Kier molecular flexibility index (Phi) is 4.04. The van der Waals surface area contributed by atoms with Crippen molar-refractivity contribution in [3.05, 3.63) is 34.1 Å². The van der Waals surface area contributed by atoms with Gasteiger partial charge in [0, 0.05) is 11.6 Å². The molecule has 0 spiro atoms. The van der Waals surface area contributed by atoms with E-state index in [0.717, 1.165) is 0 Å². The average molecular weight is 262 g/mol. The van der Waals surface area contributed by atoms with Gasteiger partial charge in [-0.2, -0.15) is 0 Å². The zero-order valence-electron chi connectivity index (χ0n) is 7.87. The Bertz CT molecular complexity index is 319. The van der Waals surface area contributed by atoms with Crippen LogP contribution in [0.1, 0.15) is 25.0 Å². The van der Waals surface area contributed by atoms with Crippen molar-refractivity contribution in [2.24, 2.45) is 5.73 Å². The van der Waals surface area contributed by atoms with Gasteiger partial charge in [0.25, 0.3) is 0 Å². The van der Waals surface area contributed by atoms with E-state index in [2.05, 4.69) is 15.9 Å². The van der Waals surface area contributed by atoms with E-state index in [4.69, 9.17) is 5.73 Å². The van der Waals surface area contributed by atoms with Crippen molar-refractivity contribution in [2.45, 2.75) is 25.5 Å². The molecule has 2 atom stereocenters. The van der Waals surface area contributed by atoms with Gasteiger partial charge < -0.3 is 10.8 Å². The van der Waals surface area contributed by atoms with Crippen LogP contribution in [0.5, 0.6) is 0 Å². The molecule has 0 aliphatic carbocycles. The zero-order chi connectivity index (χ0) is 10.7. The maximum atomic E-state index is 13.5. The smallest absolute Gasteiger partial charge is 0.143 e. The van der Waals surface area contributed by atoms with Gasteiger partial charge in [-0.25, -0.2) is 4.39 Å². The van der Waals surface area contributed by atoms with Crippen molar-refractivity contribution in [3.8, 4) is 0 Å². The van der Waals surface area contributed by atoms with Crippen molar-refractivity contribution in [2.75, 3.05) is 0 Å². The molecule has 0 radical (unpaired) electrons. The fourth-order valence-corrected chi connectivity index (χ4v) is 1.58. The Morgan fingerprint density at radius 2 is 2.21 bits per heavy atom. The van der Waals surface area contributed by atoms with Crippen LogP contribution in [0.4, 0.5) is 4.39 Å². The van der Waals surface area contributed by atoms with Gasteiger partial charge in [0.1, 0.15) is 5.82 Å². The number of hydrogen-bond donors (Lipinski definition) is 2. The van der Waals surface area contributed by atoms with Crippen molar-refractivity contribution in [1.82, 2.24) is 0 Å². The van der Waals surface area contributed by atoms with E-state index in [9.17, 15) is 9.50 Å². The van der Waals surface area contributed by atoms with Crippen molar-refractivity contribution in [3.63, 3.8) is 0 Å². The third-order valence-electron chi connectivity index (χ3n) is 2.18. The first-order valence-corrected chi connectivity index (χ1v) is 5.24. The molecule has 4 heteroatoms. The molecule has 1 aromatic rings. The predicted molar refractivity (Wildman–Crippen MR) is 57.3 cm³/mol. The highest BCUT2D eigenvalue weighted by Gasteiger charge is 2.19. The van der Waals surface area contributed by atoms with E-state index in [1.54, 1.807) is 18.2 Å². The number of nitrogens with two attached hydrogens (primary N) is 1. The molecule has 0 bridgehead atoms. The fourth-order valence-electron chi connectivity index (χ4n) is 1.20. The predicted octanol–water partition coefficient (Wildman–Crippen LogP) is 2.36. The molecular formula is C10H13BrFNO. The summed E-state index contributed by atoms with van der Waals surface area (Å²) in [4.78, 5) is 0. The van der Waals surface area contributed by atoms with Crippen LogP contribution in [-0.4, -0.2) is 11.1 Å². The highest BCUT2D eigenvalue weighted by molar-refractivity contribution is 9.10. The minimum Gasteiger partial charge on any atom is -0.387 e. The van der Waals surface area contributed by atoms with Crippen LogP contribution in [0, 0.1) is 5.82 Å². The molecule has 0 aliphatic rings. The molecule has 2 nitrogen and oxygen atoms in total. The van der Waals surface area contributed by atoms with Crippen molar-refractivity contribution in [1.29, 1.82) is 0 Å². The molecule has 1 rings (SSSR count). The number of hydrogen-bond acceptors (Lipinski definition) is 2. The fraction of sp³-hybridized carbons (Fsp3) is 0.400. The summed E-state index contributed by atoms with van der Waals surface area (Å²) in [5, 5.41) is 9.71. The van der Waals surface area contributed by atoms with Gasteiger partial charge in [0.2, 0.25) is 0 Å². The summed E-state index contributed by atoms with van der Waals surface area (Å²) in [5.41, 5.74) is 5.88. The molecule has 2 unspecified atom stereocenters. The van der Waals surface area contributed by atoms with E-state index < -0.39 is 18.0 Å². The zero-order valence-corrected chi connectivity index (χ0v) is 9.46. The highest BCUT2D eigenvalue weighted by atomic mass is 79.9. The lowest BCUT2D eigenvalue weighted by atomic mass is 10.0. The minimum atomic E-state index is -0.947. The molecule has 0 saturated carbocycles. The van der Waals surface area contributed by atoms with Crippen LogP contribution >= 0.6 is 15.9 Å². The minimum absolute atomic E-state index is 0.244. The van der Waals surface area contributed by atoms with E-state index in [1.807, 2.05) is 6.92 Å². The van der Waals surface area contributed by atoms with Gasteiger partial charge in [-0.05, 0) is 28.4 Å². The second-order valence-electron chi connectivity index (χ2n) is 3.16. The molecule has 0 fully saturated rings. The Morgan fingerprint density at radius 3 is 2.79 bits per heavy atom. The van der Waals surface area contributed by atoms with Crippen LogP contribution < -0.4 is 5.73 Å². The Labute approximate surface area is 91.1 Å². The SMILES string of the molecule is CCC(N)C(O)c1cccc(Br)c1F. The second kappa shape index (κ2) is 4.87. The molecule has 3 N–H and O–H groups in total. The summed E-state index contributed by atoms with van der Waals surface area (Å²) >= 11 is 3.06. The molecule has 0 heterocycles. The van der Waals surface area contributed by atoms with Gasteiger partial charge in [0.15, 0.2) is 0 Å². The standard InChI is InChI=1S/C10H13BrFNO/c1-2-8(13)10(14)6-4-3-5-7(11)9(6)12/h3-5,8,10,14H,2,13H2,1H3. The molecule has 78 valence electrons. The van der Waals surface area contributed by atoms with Gasteiger partial charge in [-0.1, -0.05) is 19.1 Å². The van der Waals surface area contributed by atoms with E-state index in [1.165, 1.54) is 0 Å². The molecule has 0 amide bonds. The monoisotopic (exact) mass is 261 g/mol. The molecule has 14 heavy (non-hydrogen) atoms. The summed E-state index contributed by atoms with van der Waals surface area (Å²) in [6.07, 6.45) is -0.342. The third-order valence-corrected chi connectivity index (χ3v) is 2.79. The van der Waals surface area contributed by atoms with Crippen molar-refractivity contribution < 1.29 is 9.50 Å². The second-order valence-corrected chi connectivity index (χ2v) is 4.01. The topological polar surface area (TPSA) is 46.2 Å². The van der Waals surface area contributed by atoms with Crippen LogP contribution in [-0.2, 0) is 0 Å². The number of aliphatic hydroxyl groups excluding tert-OH is 1. The lowest BCUT2D eigenvalue weighted by molar-refractivity contribution is 0.140. The summed E-state index contributed by atoms with van der Waals surface area (Å²) in [5.74, 6) is -0.441. The normalized spacial score (nSPS) is 15.2. The van der Waals surface area contributed by atoms with Crippen LogP contribution in [0.3, 0.4) is 0 Å². The number of aliphatic hydroxyl groups is 1. The lowest BCUT2D eigenvalue weighted by Gasteiger charge is -2.18. The number of halogens is 2. The quantitative estimate of drug-likeness (QED) is 0.878. The van der Waals surface area contributed by atoms with Gasteiger partial charge >= 0.3 is 0 Å². The molecule has 0 aliphatic heterocycles. The van der Waals surface area contributed by atoms with Crippen LogP contribution in [0.15, 0.2) is 22.7 Å². The first kappa shape index (κ1) is 11.6. The summed E-state index contributed by atoms with van der Waals surface area (Å²) in [6.45, 7) is 1.85. The summed E-state index contributed by atoms with van der Waals surface area (Å²) in [6, 6.07) is 4.37. The highest BCUT2D eigenvalue weighted by Crippen LogP contribution is 2.25. The largest absolute Gasteiger partial charge is 0.387 e. The third kappa shape index (κ3) is 2.32. The molecule has 0 aromatic heterocycles. The van der Waals surface area contributed by atoms with Gasteiger partial charge in [-0.15, -0.1) is 0 Å². The Morgan fingerprint density at radius 1 is 1.57 bits per heavy atom. The molecule has 0 saturated heterocycles. The number of benzene rings is 1. The van der Waals surface area contributed by atoms with Gasteiger partial charge in [0.05, 0.1) is 10.6 Å². The average Bonchev–Trinajstić information content (AvgIpc) is 2.20. The molecular weight excluding hydrogens is 249 g/mol. The lowest BCUT2D eigenvalue weighted by Crippen LogP contribution is -2.28. The van der Waals surface area contributed by atoms with Crippen LogP contribution in [0.25, 0.3) is 0 Å². The Hall–Kier alpha value is -0.450. The van der Waals surface area contributed by atoms with Gasteiger partial charge in [-0.3, -0.25) is 0 Å². The first-order valence-electron chi connectivity index (χ1n) is 4.45. The maximum Gasteiger partial charge on any atom is 0.143 e. The first-order chi connectivity index (χ1) is 6.57. The summed E-state index contributed by atoms with van der Waals surface area (Å²) in [7, 11) is 0.